The highest BCUT2D eigenvalue weighted by Gasteiger charge is 2.19. The Morgan fingerprint density at radius 1 is 1.41 bits per heavy atom. The molecule has 0 aliphatic carbocycles. The van der Waals surface area contributed by atoms with Crippen LogP contribution in [0.15, 0.2) is 36.9 Å². The van der Waals surface area contributed by atoms with Gasteiger partial charge in [-0.15, -0.1) is 0 Å². The number of nitrogens with one attached hydrogen (secondary N) is 1. The van der Waals surface area contributed by atoms with Crippen LogP contribution in [-0.4, -0.2) is 37.6 Å². The summed E-state index contributed by atoms with van der Waals surface area (Å²) in [4.78, 5) is 2.44. The topological polar surface area (TPSA) is 15.3 Å². The molecule has 17 heavy (non-hydrogen) atoms. The molecule has 0 saturated carbocycles. The van der Waals surface area contributed by atoms with Gasteiger partial charge in [-0.2, -0.15) is 0 Å². The monoisotopic (exact) mass is 230 g/mol. The summed E-state index contributed by atoms with van der Waals surface area (Å²) >= 11 is 0. The maximum Gasteiger partial charge on any atom is 0.0218 e. The van der Waals surface area contributed by atoms with Gasteiger partial charge in [-0.05, 0) is 37.6 Å². The van der Waals surface area contributed by atoms with Gasteiger partial charge in [-0.1, -0.05) is 36.9 Å². The SMILES string of the molecule is C=C(CNCC1CCCN1C)c1ccccc1. The van der Waals surface area contributed by atoms with E-state index in [-0.39, 0.29) is 0 Å². The normalized spacial score (nSPS) is 20.6. The molecule has 2 rings (SSSR count). The van der Waals surface area contributed by atoms with E-state index < -0.39 is 0 Å². The highest BCUT2D eigenvalue weighted by Crippen LogP contribution is 2.14. The van der Waals surface area contributed by atoms with E-state index >= 15 is 0 Å². The van der Waals surface area contributed by atoms with Crippen LogP contribution in [0.25, 0.3) is 5.57 Å². The van der Waals surface area contributed by atoms with Crippen molar-refractivity contribution >= 4 is 5.57 Å². The zero-order valence-electron chi connectivity index (χ0n) is 10.7. The number of hydrogen-bond donors (Lipinski definition) is 1. The molecule has 2 heteroatoms. The van der Waals surface area contributed by atoms with E-state index in [1.165, 1.54) is 30.5 Å². The molecule has 0 bridgehead atoms. The van der Waals surface area contributed by atoms with Crippen molar-refractivity contribution in [1.29, 1.82) is 0 Å². The summed E-state index contributed by atoms with van der Waals surface area (Å²) in [7, 11) is 2.21. The Kier molecular flexibility index (Phi) is 4.35. The standard InChI is InChI=1S/C15H22N2/c1-13(14-7-4-3-5-8-14)11-16-12-15-9-6-10-17(15)2/h3-5,7-8,15-16H,1,6,9-12H2,2H3. The number of likely N-dealkylation sites (tertiary alicyclic amines) is 1. The lowest BCUT2D eigenvalue weighted by Crippen LogP contribution is -2.35. The molecule has 1 aliphatic rings. The molecule has 2 nitrogen and oxygen atoms in total. The Bertz CT molecular complexity index is 358. The number of rotatable bonds is 5. The lowest BCUT2D eigenvalue weighted by Gasteiger charge is -2.20. The summed E-state index contributed by atoms with van der Waals surface area (Å²) in [6, 6.07) is 11.1. The highest BCUT2D eigenvalue weighted by atomic mass is 15.2. The minimum absolute atomic E-state index is 0.707. The van der Waals surface area contributed by atoms with Crippen LogP contribution in [0, 0.1) is 0 Å². The fourth-order valence-corrected chi connectivity index (χ4v) is 2.40. The number of benzene rings is 1. The first kappa shape index (κ1) is 12.3. The van der Waals surface area contributed by atoms with Gasteiger partial charge in [0.05, 0.1) is 0 Å². The van der Waals surface area contributed by atoms with Gasteiger partial charge in [0.15, 0.2) is 0 Å². The van der Waals surface area contributed by atoms with Gasteiger partial charge in [0.25, 0.3) is 0 Å². The van der Waals surface area contributed by atoms with E-state index in [0.717, 1.165) is 13.1 Å². The van der Waals surface area contributed by atoms with Crippen LogP contribution in [-0.2, 0) is 0 Å². The van der Waals surface area contributed by atoms with Crippen LogP contribution in [0.2, 0.25) is 0 Å². The van der Waals surface area contributed by atoms with Crippen molar-refractivity contribution < 1.29 is 0 Å². The van der Waals surface area contributed by atoms with Gasteiger partial charge in [-0.25, -0.2) is 0 Å². The predicted octanol–water partition coefficient (Wildman–Crippen LogP) is 2.38. The molecular formula is C15H22N2. The molecule has 0 aromatic heterocycles. The molecule has 1 fully saturated rings. The maximum atomic E-state index is 4.13. The van der Waals surface area contributed by atoms with Crippen molar-refractivity contribution in [2.75, 3.05) is 26.7 Å². The molecule has 1 heterocycles. The molecule has 1 saturated heterocycles. The summed E-state index contributed by atoms with van der Waals surface area (Å²) in [5, 5.41) is 3.51. The molecule has 1 unspecified atom stereocenters. The number of nitrogens with zero attached hydrogens (tertiary/aromatic N) is 1. The molecule has 0 amide bonds. The van der Waals surface area contributed by atoms with Crippen LogP contribution in [0.1, 0.15) is 18.4 Å². The van der Waals surface area contributed by atoms with Crippen LogP contribution >= 0.6 is 0 Å². The van der Waals surface area contributed by atoms with Crippen molar-refractivity contribution in [3.63, 3.8) is 0 Å². The minimum Gasteiger partial charge on any atom is -0.311 e. The number of hydrogen-bond acceptors (Lipinski definition) is 2. The Hall–Kier alpha value is -1.12. The second kappa shape index (κ2) is 5.99. The summed E-state index contributed by atoms with van der Waals surface area (Å²) in [6.45, 7) is 7.33. The van der Waals surface area contributed by atoms with E-state index in [9.17, 15) is 0 Å². The number of likely N-dealkylation sites (N-methyl/N-ethyl adjacent to an activating group) is 1. The average molecular weight is 230 g/mol. The Labute approximate surface area is 104 Å². The fraction of sp³-hybridized carbons (Fsp3) is 0.467. The van der Waals surface area contributed by atoms with Gasteiger partial charge in [-0.3, -0.25) is 0 Å². The van der Waals surface area contributed by atoms with E-state index in [4.69, 9.17) is 0 Å². The van der Waals surface area contributed by atoms with Crippen LogP contribution < -0.4 is 5.32 Å². The molecule has 1 aromatic carbocycles. The van der Waals surface area contributed by atoms with Crippen molar-refractivity contribution in [1.82, 2.24) is 10.2 Å². The molecule has 1 aromatic rings. The second-order valence-electron chi connectivity index (χ2n) is 4.88. The smallest absolute Gasteiger partial charge is 0.0218 e. The van der Waals surface area contributed by atoms with Gasteiger partial charge in [0, 0.05) is 19.1 Å². The van der Waals surface area contributed by atoms with E-state index in [1.54, 1.807) is 0 Å². The first-order valence-corrected chi connectivity index (χ1v) is 6.41. The summed E-state index contributed by atoms with van der Waals surface area (Å²) in [5.74, 6) is 0. The van der Waals surface area contributed by atoms with Crippen LogP contribution in [0.5, 0.6) is 0 Å². The van der Waals surface area contributed by atoms with E-state index in [0.29, 0.717) is 6.04 Å². The van der Waals surface area contributed by atoms with E-state index in [1.807, 2.05) is 6.07 Å². The molecule has 92 valence electrons. The summed E-state index contributed by atoms with van der Waals surface area (Å²) in [5.41, 5.74) is 2.41. The predicted molar refractivity (Wildman–Crippen MR) is 74.0 cm³/mol. The van der Waals surface area contributed by atoms with Gasteiger partial charge < -0.3 is 10.2 Å². The largest absolute Gasteiger partial charge is 0.311 e. The highest BCUT2D eigenvalue weighted by molar-refractivity contribution is 5.64. The summed E-state index contributed by atoms with van der Waals surface area (Å²) in [6.07, 6.45) is 2.66. The van der Waals surface area contributed by atoms with Crippen molar-refractivity contribution in [2.24, 2.45) is 0 Å². The molecule has 1 N–H and O–H groups in total. The summed E-state index contributed by atoms with van der Waals surface area (Å²) < 4.78 is 0. The molecular weight excluding hydrogens is 208 g/mol. The lowest BCUT2D eigenvalue weighted by molar-refractivity contribution is 0.303. The van der Waals surface area contributed by atoms with Gasteiger partial charge >= 0.3 is 0 Å². The van der Waals surface area contributed by atoms with Gasteiger partial charge in [0.1, 0.15) is 0 Å². The Balaban J connectivity index is 1.74. The maximum absolute atomic E-state index is 4.13. The Morgan fingerprint density at radius 3 is 2.82 bits per heavy atom. The molecule has 0 spiro atoms. The van der Waals surface area contributed by atoms with Crippen molar-refractivity contribution in [3.05, 3.63) is 42.5 Å². The molecule has 1 atom stereocenters. The van der Waals surface area contributed by atoms with Crippen molar-refractivity contribution in [2.45, 2.75) is 18.9 Å². The minimum atomic E-state index is 0.707. The third-order valence-electron chi connectivity index (χ3n) is 3.57. The first-order chi connectivity index (χ1) is 8.27. The first-order valence-electron chi connectivity index (χ1n) is 6.41. The fourth-order valence-electron chi connectivity index (χ4n) is 2.40. The van der Waals surface area contributed by atoms with Crippen molar-refractivity contribution in [3.8, 4) is 0 Å². The van der Waals surface area contributed by atoms with Gasteiger partial charge in [0.2, 0.25) is 0 Å². The third kappa shape index (κ3) is 3.42. The second-order valence-corrected chi connectivity index (χ2v) is 4.88. The van der Waals surface area contributed by atoms with Crippen LogP contribution in [0.4, 0.5) is 0 Å². The molecule has 1 aliphatic heterocycles. The average Bonchev–Trinajstić information content (AvgIpc) is 2.76. The quantitative estimate of drug-likeness (QED) is 0.835. The van der Waals surface area contributed by atoms with E-state index in [2.05, 4.69) is 48.1 Å². The lowest BCUT2D eigenvalue weighted by atomic mass is 10.1. The molecule has 0 radical (unpaired) electrons. The zero-order valence-corrected chi connectivity index (χ0v) is 10.7. The Morgan fingerprint density at radius 2 is 2.18 bits per heavy atom. The zero-order chi connectivity index (χ0) is 12.1. The van der Waals surface area contributed by atoms with Crippen LogP contribution in [0.3, 0.4) is 0 Å². The third-order valence-corrected chi connectivity index (χ3v) is 3.57.